The van der Waals surface area contributed by atoms with Gasteiger partial charge in [0.15, 0.2) is 0 Å². The molecule has 1 aromatic rings. The first-order valence-electron chi connectivity index (χ1n) is 7.08. The molecule has 0 saturated carbocycles. The Morgan fingerprint density at radius 1 is 1.32 bits per heavy atom. The molecule has 2 N–H and O–H groups in total. The predicted molar refractivity (Wildman–Crippen MR) is 83.5 cm³/mol. The van der Waals surface area contributed by atoms with Crippen LogP contribution in [0, 0.1) is 0 Å². The second-order valence-corrected chi connectivity index (χ2v) is 5.89. The third kappa shape index (κ3) is 4.95. The molecule has 6 nitrogen and oxygen atoms in total. The normalized spacial score (nSPS) is 12.4. The number of carbonyl (C=O) groups is 2. The van der Waals surface area contributed by atoms with Gasteiger partial charge < -0.3 is 14.6 Å². The number of benzene rings is 1. The molecule has 0 heterocycles. The molecule has 0 fully saturated rings. The van der Waals surface area contributed by atoms with Gasteiger partial charge in [0.05, 0.1) is 18.7 Å². The summed E-state index contributed by atoms with van der Waals surface area (Å²) >= 11 is 0. The van der Waals surface area contributed by atoms with E-state index in [4.69, 9.17) is 9.47 Å². The van der Waals surface area contributed by atoms with Gasteiger partial charge in [-0.3, -0.25) is 10.1 Å². The third-order valence-electron chi connectivity index (χ3n) is 2.97. The minimum absolute atomic E-state index is 0.392. The first-order valence-corrected chi connectivity index (χ1v) is 7.08. The first-order chi connectivity index (χ1) is 10.2. The van der Waals surface area contributed by atoms with Gasteiger partial charge in [0.2, 0.25) is 0 Å². The van der Waals surface area contributed by atoms with Gasteiger partial charge in [0.1, 0.15) is 11.4 Å². The van der Waals surface area contributed by atoms with E-state index in [1.165, 1.54) is 7.11 Å². The highest BCUT2D eigenvalue weighted by Crippen LogP contribution is 2.30. The summed E-state index contributed by atoms with van der Waals surface area (Å²) < 4.78 is 10.4. The fourth-order valence-corrected chi connectivity index (χ4v) is 1.99. The molecule has 0 spiro atoms. The molecule has 0 bridgehead atoms. The van der Waals surface area contributed by atoms with Gasteiger partial charge in [-0.05, 0) is 44.9 Å². The monoisotopic (exact) mass is 309 g/mol. The van der Waals surface area contributed by atoms with Crippen LogP contribution >= 0.6 is 0 Å². The van der Waals surface area contributed by atoms with Crippen LogP contribution in [0.2, 0.25) is 0 Å². The summed E-state index contributed by atoms with van der Waals surface area (Å²) in [6, 6.07) is 4.90. The molecular formula is C16H23NO5. The maximum absolute atomic E-state index is 11.8. The van der Waals surface area contributed by atoms with Gasteiger partial charge in [0, 0.05) is 0 Å². The van der Waals surface area contributed by atoms with Crippen LogP contribution in [0.15, 0.2) is 18.2 Å². The van der Waals surface area contributed by atoms with E-state index in [1.807, 2.05) is 0 Å². The minimum Gasteiger partial charge on any atom is -0.495 e. The average Bonchev–Trinajstić information content (AvgIpc) is 2.38. The van der Waals surface area contributed by atoms with Crippen LogP contribution in [0.4, 0.5) is 10.5 Å². The molecule has 1 atom stereocenters. The van der Waals surface area contributed by atoms with Gasteiger partial charge >= 0.3 is 12.1 Å². The van der Waals surface area contributed by atoms with E-state index in [0.29, 0.717) is 23.4 Å². The summed E-state index contributed by atoms with van der Waals surface area (Å²) in [6.07, 6.45) is -0.124. The van der Waals surface area contributed by atoms with Crippen LogP contribution < -0.4 is 10.1 Å². The highest BCUT2D eigenvalue weighted by Gasteiger charge is 2.21. The largest absolute Gasteiger partial charge is 0.495 e. The second-order valence-electron chi connectivity index (χ2n) is 5.89. The Labute approximate surface area is 130 Å². The van der Waals surface area contributed by atoms with E-state index >= 15 is 0 Å². The number of nitrogens with one attached hydrogen (secondary N) is 1. The molecule has 1 rings (SSSR count). The number of hydrogen-bond donors (Lipinski definition) is 2. The quantitative estimate of drug-likeness (QED) is 0.867. The van der Waals surface area contributed by atoms with E-state index in [9.17, 15) is 14.7 Å². The molecule has 22 heavy (non-hydrogen) atoms. The van der Waals surface area contributed by atoms with Crippen molar-refractivity contribution >= 4 is 17.7 Å². The molecule has 1 aromatic carbocycles. The smallest absolute Gasteiger partial charge is 0.412 e. The maximum Gasteiger partial charge on any atom is 0.412 e. The summed E-state index contributed by atoms with van der Waals surface area (Å²) in [6.45, 7) is 7.11. The van der Waals surface area contributed by atoms with Gasteiger partial charge in [-0.15, -0.1) is 0 Å². The zero-order valence-electron chi connectivity index (χ0n) is 13.6. The Bertz CT molecular complexity index is 548. The molecule has 0 aromatic heterocycles. The predicted octanol–water partition coefficient (Wildman–Crippen LogP) is 3.62. The van der Waals surface area contributed by atoms with Crippen molar-refractivity contribution in [3.8, 4) is 5.75 Å². The average molecular weight is 309 g/mol. The summed E-state index contributed by atoms with van der Waals surface area (Å²) in [4.78, 5) is 23.0. The molecule has 6 heteroatoms. The first kappa shape index (κ1) is 17.8. The van der Waals surface area contributed by atoms with Crippen molar-refractivity contribution < 1.29 is 24.2 Å². The van der Waals surface area contributed by atoms with Crippen LogP contribution in [-0.4, -0.2) is 29.9 Å². The van der Waals surface area contributed by atoms with Crippen molar-refractivity contribution in [2.45, 2.75) is 45.6 Å². The maximum atomic E-state index is 11.8. The number of ether oxygens (including phenoxy) is 2. The lowest BCUT2D eigenvalue weighted by Crippen LogP contribution is -2.27. The number of methoxy groups -OCH3 is 1. The Morgan fingerprint density at radius 2 is 1.95 bits per heavy atom. The molecule has 1 unspecified atom stereocenters. The second kappa shape index (κ2) is 7.15. The number of aliphatic carboxylic acids is 1. The van der Waals surface area contributed by atoms with Crippen molar-refractivity contribution in [2.24, 2.45) is 0 Å². The lowest BCUT2D eigenvalue weighted by Gasteiger charge is -2.20. The van der Waals surface area contributed by atoms with Gasteiger partial charge in [-0.1, -0.05) is 13.0 Å². The highest BCUT2D eigenvalue weighted by molar-refractivity contribution is 5.87. The molecule has 0 saturated heterocycles. The number of carbonyl (C=O) groups excluding carboxylic acids is 1. The van der Waals surface area contributed by atoms with Crippen LogP contribution in [-0.2, 0) is 9.53 Å². The molecule has 1 amide bonds. The molecule has 0 aliphatic heterocycles. The Kier molecular flexibility index (Phi) is 5.79. The minimum atomic E-state index is -0.891. The number of rotatable bonds is 5. The molecule has 0 radical (unpaired) electrons. The van der Waals surface area contributed by atoms with Gasteiger partial charge in [0.25, 0.3) is 0 Å². The SMILES string of the molecule is CCC(C(=O)O)c1ccc(NC(=O)OC(C)(C)C)c(OC)c1. The molecule has 0 aliphatic rings. The fourth-order valence-electron chi connectivity index (χ4n) is 1.99. The lowest BCUT2D eigenvalue weighted by atomic mass is 9.96. The van der Waals surface area contributed by atoms with Crippen molar-refractivity contribution in [2.75, 3.05) is 12.4 Å². The number of amides is 1. The Balaban J connectivity index is 2.99. The summed E-state index contributed by atoms with van der Waals surface area (Å²) in [5.74, 6) is -1.11. The van der Waals surface area contributed by atoms with Crippen molar-refractivity contribution in [1.82, 2.24) is 0 Å². The zero-order chi connectivity index (χ0) is 16.9. The standard InChI is InChI=1S/C16H23NO5/c1-6-11(14(18)19)10-7-8-12(13(9-10)21-5)17-15(20)22-16(2,3)4/h7-9,11H,6H2,1-5H3,(H,17,20)(H,18,19). The van der Waals surface area contributed by atoms with Crippen molar-refractivity contribution in [3.05, 3.63) is 23.8 Å². The third-order valence-corrected chi connectivity index (χ3v) is 2.97. The summed E-state index contributed by atoms with van der Waals surface area (Å²) in [5.41, 5.74) is 0.454. The fraction of sp³-hybridized carbons (Fsp3) is 0.500. The van der Waals surface area contributed by atoms with Crippen molar-refractivity contribution in [1.29, 1.82) is 0 Å². The van der Waals surface area contributed by atoms with E-state index in [1.54, 1.807) is 45.9 Å². The molecule has 122 valence electrons. The topological polar surface area (TPSA) is 84.9 Å². The number of carboxylic acids is 1. The number of anilines is 1. The van der Waals surface area contributed by atoms with E-state index in [-0.39, 0.29) is 0 Å². The zero-order valence-corrected chi connectivity index (χ0v) is 13.6. The number of hydrogen-bond acceptors (Lipinski definition) is 4. The van der Waals surface area contributed by atoms with Crippen molar-refractivity contribution in [3.63, 3.8) is 0 Å². The molecular weight excluding hydrogens is 286 g/mol. The Morgan fingerprint density at radius 3 is 2.41 bits per heavy atom. The van der Waals surface area contributed by atoms with Crippen LogP contribution in [0.5, 0.6) is 5.75 Å². The van der Waals surface area contributed by atoms with E-state index in [0.717, 1.165) is 0 Å². The van der Waals surface area contributed by atoms with Gasteiger partial charge in [-0.2, -0.15) is 0 Å². The van der Waals surface area contributed by atoms with E-state index in [2.05, 4.69) is 5.32 Å². The lowest BCUT2D eigenvalue weighted by molar-refractivity contribution is -0.138. The van der Waals surface area contributed by atoms with Crippen LogP contribution in [0.25, 0.3) is 0 Å². The van der Waals surface area contributed by atoms with E-state index < -0.39 is 23.6 Å². The van der Waals surface area contributed by atoms with Gasteiger partial charge in [-0.25, -0.2) is 4.79 Å². The van der Waals surface area contributed by atoms with Crippen LogP contribution in [0.3, 0.4) is 0 Å². The number of carboxylic acid groups (broad SMARTS) is 1. The highest BCUT2D eigenvalue weighted by atomic mass is 16.6. The summed E-state index contributed by atoms with van der Waals surface area (Å²) in [5, 5.41) is 11.8. The molecule has 0 aliphatic carbocycles. The summed E-state index contributed by atoms with van der Waals surface area (Å²) in [7, 11) is 1.46. The Hall–Kier alpha value is -2.24. The van der Waals surface area contributed by atoms with Crippen LogP contribution in [0.1, 0.15) is 45.6 Å².